The Kier molecular flexibility index (Phi) is 8.60. The lowest BCUT2D eigenvalue weighted by Gasteiger charge is -2.37. The molecule has 1 saturated heterocycles. The first-order valence-corrected chi connectivity index (χ1v) is 13.1. The number of nitrogens with zero attached hydrogens (tertiary/aromatic N) is 3. The van der Waals surface area contributed by atoms with Crippen molar-refractivity contribution in [2.45, 2.75) is 13.0 Å². The Balaban J connectivity index is 0.00000336. The quantitative estimate of drug-likeness (QED) is 0.314. The largest absolute Gasteiger partial charge is 0.368 e. The number of anilines is 1. The summed E-state index contributed by atoms with van der Waals surface area (Å²) in [5.41, 5.74) is 9.27. The van der Waals surface area contributed by atoms with E-state index in [9.17, 15) is 9.59 Å². The molecular formula is C28H26Cl4N4O2. The highest BCUT2D eigenvalue weighted by molar-refractivity contribution is 6.38. The van der Waals surface area contributed by atoms with Crippen LogP contribution in [0.1, 0.15) is 6.92 Å². The van der Waals surface area contributed by atoms with Gasteiger partial charge in [0.05, 0.1) is 27.3 Å². The van der Waals surface area contributed by atoms with Crippen molar-refractivity contribution in [3.05, 3.63) is 92.2 Å². The van der Waals surface area contributed by atoms with E-state index in [0.717, 1.165) is 22.2 Å². The zero-order chi connectivity index (χ0) is 26.3. The highest BCUT2D eigenvalue weighted by Gasteiger charge is 2.25. The second-order valence-electron chi connectivity index (χ2n) is 9.08. The third-order valence-electron chi connectivity index (χ3n) is 6.67. The maximum Gasteiger partial charge on any atom is 0.255 e. The summed E-state index contributed by atoms with van der Waals surface area (Å²) in [4.78, 5) is 29.7. The summed E-state index contributed by atoms with van der Waals surface area (Å²) in [6.07, 6.45) is 0. The van der Waals surface area contributed by atoms with Crippen molar-refractivity contribution < 1.29 is 4.79 Å². The fraction of sp³-hybridized carbons (Fsp3) is 0.214. The number of amides is 1. The number of hydrogen-bond acceptors (Lipinski definition) is 4. The van der Waals surface area contributed by atoms with Gasteiger partial charge in [-0.1, -0.05) is 59.1 Å². The highest BCUT2D eigenvalue weighted by Crippen LogP contribution is 2.38. The molecule has 0 radical (unpaired) electrons. The average Bonchev–Trinajstić information content (AvgIpc) is 2.89. The molecule has 5 rings (SSSR count). The highest BCUT2D eigenvalue weighted by atomic mass is 35.5. The van der Waals surface area contributed by atoms with Crippen LogP contribution in [0.3, 0.4) is 0 Å². The number of nitrogens with two attached hydrogens (primary N) is 1. The van der Waals surface area contributed by atoms with Gasteiger partial charge in [0.25, 0.3) is 5.56 Å². The molecule has 2 heterocycles. The zero-order valence-corrected chi connectivity index (χ0v) is 23.6. The van der Waals surface area contributed by atoms with E-state index in [1.807, 2.05) is 30.3 Å². The molecule has 198 valence electrons. The van der Waals surface area contributed by atoms with E-state index < -0.39 is 6.04 Å². The number of para-hydroxylation sites is 1. The maximum absolute atomic E-state index is 13.3. The fourth-order valence-electron chi connectivity index (χ4n) is 4.82. The number of benzene rings is 3. The Hall–Kier alpha value is -2.74. The van der Waals surface area contributed by atoms with Gasteiger partial charge in [0.2, 0.25) is 5.91 Å². The molecule has 0 unspecified atom stereocenters. The summed E-state index contributed by atoms with van der Waals surface area (Å²) < 4.78 is 1.56. The molecule has 1 atom stereocenters. The number of carbonyl (C=O) groups is 1. The lowest BCUT2D eigenvalue weighted by molar-refractivity contribution is -0.132. The maximum atomic E-state index is 13.3. The smallest absolute Gasteiger partial charge is 0.255 e. The predicted molar refractivity (Wildman–Crippen MR) is 160 cm³/mol. The van der Waals surface area contributed by atoms with Gasteiger partial charge in [0.15, 0.2) is 0 Å². The minimum atomic E-state index is -0.533. The zero-order valence-electron chi connectivity index (χ0n) is 20.5. The molecule has 1 aliphatic rings. The monoisotopic (exact) mass is 590 g/mol. The standard InChI is InChI=1S/C28H25Cl3N4O2.ClH/c1-17(32)28(37)34-13-11-33(12-14-34)18-15-21(19-5-2-3-6-22(19)29)20-9-10-26(36)35(25(20)16-18)27-23(30)7-4-8-24(27)31;/h2-10,15-17H,11-14,32H2,1H3;1H/t17-;/m1./s1. The number of fused-ring (bicyclic) bond motifs is 1. The van der Waals surface area contributed by atoms with Crippen LogP contribution in [0.25, 0.3) is 27.7 Å². The molecule has 1 aromatic heterocycles. The molecule has 6 nitrogen and oxygen atoms in total. The molecule has 1 amide bonds. The van der Waals surface area contributed by atoms with Gasteiger partial charge in [-0.2, -0.15) is 0 Å². The van der Waals surface area contributed by atoms with E-state index >= 15 is 0 Å². The molecule has 3 aromatic carbocycles. The Morgan fingerprint density at radius 1 is 0.842 bits per heavy atom. The normalized spacial score (nSPS) is 14.3. The van der Waals surface area contributed by atoms with Crippen molar-refractivity contribution in [1.29, 1.82) is 0 Å². The van der Waals surface area contributed by atoms with Crippen molar-refractivity contribution in [2.75, 3.05) is 31.1 Å². The molecule has 0 spiro atoms. The average molecular weight is 592 g/mol. The van der Waals surface area contributed by atoms with E-state index in [4.69, 9.17) is 40.5 Å². The molecule has 0 bridgehead atoms. The summed E-state index contributed by atoms with van der Waals surface area (Å²) >= 11 is 19.7. The molecule has 0 saturated carbocycles. The number of halogens is 4. The summed E-state index contributed by atoms with van der Waals surface area (Å²) in [7, 11) is 0. The Bertz CT molecular complexity index is 1540. The summed E-state index contributed by atoms with van der Waals surface area (Å²) in [5.74, 6) is -0.0582. The van der Waals surface area contributed by atoms with Crippen LogP contribution in [0.5, 0.6) is 0 Å². The number of aromatic nitrogens is 1. The third kappa shape index (κ3) is 5.24. The van der Waals surface area contributed by atoms with Crippen molar-refractivity contribution in [3.63, 3.8) is 0 Å². The lowest BCUT2D eigenvalue weighted by atomic mass is 9.98. The fourth-order valence-corrected chi connectivity index (χ4v) is 5.63. The lowest BCUT2D eigenvalue weighted by Crippen LogP contribution is -2.52. The van der Waals surface area contributed by atoms with Gasteiger partial charge < -0.3 is 15.5 Å². The molecular weight excluding hydrogens is 566 g/mol. The van der Waals surface area contributed by atoms with Gasteiger partial charge in [0.1, 0.15) is 0 Å². The van der Waals surface area contributed by atoms with Gasteiger partial charge in [-0.25, -0.2) is 0 Å². The van der Waals surface area contributed by atoms with Crippen LogP contribution < -0.4 is 16.2 Å². The molecule has 2 N–H and O–H groups in total. The first-order valence-electron chi connectivity index (χ1n) is 11.9. The number of rotatable bonds is 4. The first-order chi connectivity index (χ1) is 17.8. The SMILES string of the molecule is C[C@@H](N)C(=O)N1CCN(c2cc(-c3ccccc3Cl)c3ccc(=O)n(-c4c(Cl)cccc4Cl)c3c2)CC1.Cl. The van der Waals surface area contributed by atoms with Gasteiger partial charge in [0, 0.05) is 53.9 Å². The van der Waals surface area contributed by atoms with Crippen LogP contribution >= 0.6 is 47.2 Å². The van der Waals surface area contributed by atoms with Crippen LogP contribution in [0.4, 0.5) is 5.69 Å². The third-order valence-corrected chi connectivity index (χ3v) is 7.61. The number of piperazine rings is 1. The Labute approximate surface area is 241 Å². The van der Waals surface area contributed by atoms with Crippen molar-refractivity contribution in [1.82, 2.24) is 9.47 Å². The molecule has 1 aliphatic heterocycles. The first kappa shape index (κ1) is 28.3. The van der Waals surface area contributed by atoms with Crippen molar-refractivity contribution in [3.8, 4) is 16.8 Å². The molecule has 4 aromatic rings. The summed E-state index contributed by atoms with van der Waals surface area (Å²) in [5, 5.41) is 2.17. The van der Waals surface area contributed by atoms with E-state index in [1.165, 1.54) is 6.07 Å². The summed E-state index contributed by atoms with van der Waals surface area (Å²) in [6, 6.07) is 19.6. The van der Waals surface area contributed by atoms with E-state index in [0.29, 0.717) is 52.5 Å². The van der Waals surface area contributed by atoms with E-state index in [-0.39, 0.29) is 23.9 Å². The van der Waals surface area contributed by atoms with Gasteiger partial charge in [-0.15, -0.1) is 12.4 Å². The Morgan fingerprint density at radius 3 is 2.11 bits per heavy atom. The van der Waals surface area contributed by atoms with Crippen LogP contribution in [0, 0.1) is 0 Å². The second kappa shape index (κ2) is 11.6. The minimum Gasteiger partial charge on any atom is -0.368 e. The van der Waals surface area contributed by atoms with Crippen molar-refractivity contribution in [2.24, 2.45) is 5.73 Å². The van der Waals surface area contributed by atoms with Crippen LogP contribution in [-0.4, -0.2) is 47.6 Å². The van der Waals surface area contributed by atoms with Crippen molar-refractivity contribution >= 4 is 69.7 Å². The van der Waals surface area contributed by atoms with Gasteiger partial charge >= 0.3 is 0 Å². The molecule has 1 fully saturated rings. The van der Waals surface area contributed by atoms with Gasteiger partial charge in [-0.3, -0.25) is 14.2 Å². The molecule has 10 heteroatoms. The topological polar surface area (TPSA) is 71.6 Å². The minimum absolute atomic E-state index is 0. The number of pyridine rings is 1. The predicted octanol–water partition coefficient (Wildman–Crippen LogP) is 6.04. The van der Waals surface area contributed by atoms with Crippen LogP contribution in [0.15, 0.2) is 71.5 Å². The second-order valence-corrected chi connectivity index (χ2v) is 10.3. The van der Waals surface area contributed by atoms with E-state index in [2.05, 4.69) is 11.0 Å². The van der Waals surface area contributed by atoms with Crippen LogP contribution in [-0.2, 0) is 4.79 Å². The number of hydrogen-bond donors (Lipinski definition) is 1. The molecule has 0 aliphatic carbocycles. The van der Waals surface area contributed by atoms with E-state index in [1.54, 1.807) is 40.7 Å². The Morgan fingerprint density at radius 2 is 1.47 bits per heavy atom. The van der Waals surface area contributed by atoms with Gasteiger partial charge in [-0.05, 0) is 48.9 Å². The molecule has 38 heavy (non-hydrogen) atoms. The summed E-state index contributed by atoms with van der Waals surface area (Å²) in [6.45, 7) is 4.05. The van der Waals surface area contributed by atoms with Crippen LogP contribution in [0.2, 0.25) is 15.1 Å². The number of carbonyl (C=O) groups excluding carboxylic acids is 1.